The third-order valence-corrected chi connectivity index (χ3v) is 7.56. The molecule has 0 saturated carbocycles. The van der Waals surface area contributed by atoms with Crippen molar-refractivity contribution in [1.29, 1.82) is 0 Å². The summed E-state index contributed by atoms with van der Waals surface area (Å²) < 4.78 is 5.49. The highest BCUT2D eigenvalue weighted by atomic mass is 32.2. The van der Waals surface area contributed by atoms with E-state index in [0.29, 0.717) is 38.0 Å². The number of nitrogens with zero attached hydrogens (tertiary/aromatic N) is 2. The Morgan fingerprint density at radius 2 is 1.78 bits per heavy atom. The minimum atomic E-state index is -0.520. The van der Waals surface area contributed by atoms with Crippen LogP contribution in [0.3, 0.4) is 0 Å². The van der Waals surface area contributed by atoms with Crippen LogP contribution in [0.25, 0.3) is 0 Å². The molecule has 1 unspecified atom stereocenters. The molecule has 4 rings (SSSR count). The van der Waals surface area contributed by atoms with Gasteiger partial charge in [0.2, 0.25) is 5.91 Å². The van der Waals surface area contributed by atoms with E-state index in [1.54, 1.807) is 47.0 Å². The van der Waals surface area contributed by atoms with Gasteiger partial charge in [-0.25, -0.2) is 4.79 Å². The van der Waals surface area contributed by atoms with E-state index in [-0.39, 0.29) is 30.0 Å². The van der Waals surface area contributed by atoms with E-state index in [9.17, 15) is 14.4 Å². The molecule has 2 amide bonds. The van der Waals surface area contributed by atoms with Gasteiger partial charge in [-0.3, -0.25) is 14.9 Å². The maximum Gasteiger partial charge on any atom is 0.339 e. The van der Waals surface area contributed by atoms with E-state index in [1.807, 2.05) is 41.5 Å². The van der Waals surface area contributed by atoms with Crippen LogP contribution in [0.4, 0.5) is 0 Å². The number of ether oxygens (including phenoxy) is 1. The van der Waals surface area contributed by atoms with Gasteiger partial charge in [-0.1, -0.05) is 48.5 Å². The lowest BCUT2D eigenvalue weighted by Gasteiger charge is -2.44. The molecule has 190 valence electrons. The van der Waals surface area contributed by atoms with Gasteiger partial charge in [0.05, 0.1) is 22.8 Å². The second-order valence-electron chi connectivity index (χ2n) is 9.15. The zero-order valence-corrected chi connectivity index (χ0v) is 21.5. The molecule has 2 aromatic rings. The number of thioether (sulfide) groups is 1. The van der Waals surface area contributed by atoms with Crippen molar-refractivity contribution in [3.8, 4) is 0 Å². The van der Waals surface area contributed by atoms with Crippen LogP contribution < -0.4 is 5.32 Å². The fourth-order valence-corrected chi connectivity index (χ4v) is 5.47. The summed E-state index contributed by atoms with van der Waals surface area (Å²) in [5.74, 6) is 0.294. The van der Waals surface area contributed by atoms with E-state index in [1.165, 1.54) is 0 Å². The quantitative estimate of drug-likeness (QED) is 0.412. The zero-order chi connectivity index (χ0) is 25.5. The number of carbonyl (C=O) groups is 3. The van der Waals surface area contributed by atoms with Crippen molar-refractivity contribution in [1.82, 2.24) is 15.1 Å². The van der Waals surface area contributed by atoms with Gasteiger partial charge >= 0.3 is 5.97 Å². The van der Waals surface area contributed by atoms with Gasteiger partial charge in [-0.15, -0.1) is 6.58 Å². The second-order valence-corrected chi connectivity index (χ2v) is 10.1. The molecule has 1 spiro atoms. The Hall–Kier alpha value is -3.10. The minimum absolute atomic E-state index is 0.107. The zero-order valence-electron chi connectivity index (χ0n) is 20.7. The van der Waals surface area contributed by atoms with Crippen molar-refractivity contribution in [3.63, 3.8) is 0 Å². The summed E-state index contributed by atoms with van der Waals surface area (Å²) in [5, 5.41) is 3.59. The third kappa shape index (κ3) is 5.50. The van der Waals surface area contributed by atoms with E-state index in [4.69, 9.17) is 4.74 Å². The first-order chi connectivity index (χ1) is 17.5. The number of rotatable bonds is 9. The molecule has 7 nitrogen and oxygen atoms in total. The summed E-state index contributed by atoms with van der Waals surface area (Å²) in [6, 6.07) is 16.0. The summed E-state index contributed by atoms with van der Waals surface area (Å²) in [7, 11) is 0. The molecule has 0 aliphatic carbocycles. The maximum absolute atomic E-state index is 13.5. The number of esters is 1. The Bertz CT molecular complexity index is 1100. The number of carbonyl (C=O) groups excluding carboxylic acids is 3. The lowest BCUT2D eigenvalue weighted by atomic mass is 9.94. The molecule has 2 aliphatic rings. The molecule has 0 aromatic heterocycles. The first-order valence-corrected chi connectivity index (χ1v) is 13.7. The Balaban J connectivity index is 1.44. The molecule has 2 saturated heterocycles. The van der Waals surface area contributed by atoms with Gasteiger partial charge in [0.25, 0.3) is 5.91 Å². The van der Waals surface area contributed by atoms with Gasteiger partial charge in [0.1, 0.15) is 6.61 Å². The number of hydrogen-bond donors (Lipinski definition) is 1. The number of nitrogens with one attached hydrogen (secondary N) is 1. The molecular weight excluding hydrogens is 474 g/mol. The molecule has 1 atom stereocenters. The third-order valence-electron chi connectivity index (χ3n) is 6.91. The van der Waals surface area contributed by atoms with Gasteiger partial charge < -0.3 is 14.5 Å². The predicted octanol–water partition coefficient (Wildman–Crippen LogP) is 3.72. The van der Waals surface area contributed by atoms with Crippen LogP contribution in [0.5, 0.6) is 0 Å². The van der Waals surface area contributed by atoms with Gasteiger partial charge in [0.15, 0.2) is 0 Å². The second kappa shape index (κ2) is 11.8. The molecular formula is C28H33N3O4S. The lowest BCUT2D eigenvalue weighted by Crippen LogP contribution is -2.59. The first kappa shape index (κ1) is 26.0. The van der Waals surface area contributed by atoms with E-state index in [2.05, 4.69) is 11.9 Å². The summed E-state index contributed by atoms with van der Waals surface area (Å²) in [4.78, 5) is 43.0. The topological polar surface area (TPSA) is 79.0 Å². The molecule has 0 bridgehead atoms. The van der Waals surface area contributed by atoms with Crippen LogP contribution in [0.15, 0.2) is 67.3 Å². The van der Waals surface area contributed by atoms with E-state index >= 15 is 0 Å². The molecule has 2 aliphatic heterocycles. The normalized spacial score (nSPS) is 18.9. The Labute approximate surface area is 216 Å². The van der Waals surface area contributed by atoms with Gasteiger partial charge in [-0.2, -0.15) is 11.8 Å². The summed E-state index contributed by atoms with van der Waals surface area (Å²) in [6.07, 6.45) is 5.81. The SMILES string of the molecule is C=CCN1C(=O)C(CCSC)NC12CCN(C(=O)c1ccccc1C(=O)OCc1ccccc1)CC2. The highest BCUT2D eigenvalue weighted by Crippen LogP contribution is 2.34. The fraction of sp³-hybridized carbons (Fsp3) is 0.393. The van der Waals surface area contributed by atoms with Crippen molar-refractivity contribution in [2.45, 2.75) is 37.6 Å². The highest BCUT2D eigenvalue weighted by Gasteiger charge is 2.51. The van der Waals surface area contributed by atoms with Crippen molar-refractivity contribution >= 4 is 29.5 Å². The van der Waals surface area contributed by atoms with Crippen LogP contribution in [-0.4, -0.2) is 70.9 Å². The van der Waals surface area contributed by atoms with Crippen LogP contribution in [0.2, 0.25) is 0 Å². The summed E-state index contributed by atoms with van der Waals surface area (Å²) >= 11 is 1.73. The minimum Gasteiger partial charge on any atom is -0.457 e. The average molecular weight is 508 g/mol. The van der Waals surface area contributed by atoms with E-state index < -0.39 is 11.6 Å². The molecule has 2 heterocycles. The predicted molar refractivity (Wildman–Crippen MR) is 142 cm³/mol. The van der Waals surface area contributed by atoms with Crippen LogP contribution in [-0.2, 0) is 16.1 Å². The molecule has 2 fully saturated rings. The monoisotopic (exact) mass is 507 g/mol. The number of benzene rings is 2. The van der Waals surface area contributed by atoms with Crippen LogP contribution >= 0.6 is 11.8 Å². The van der Waals surface area contributed by atoms with Crippen molar-refractivity contribution in [3.05, 3.63) is 83.9 Å². The number of amides is 2. The molecule has 36 heavy (non-hydrogen) atoms. The fourth-order valence-electron chi connectivity index (χ4n) is 5.00. The molecule has 2 aromatic carbocycles. The lowest BCUT2D eigenvalue weighted by molar-refractivity contribution is -0.132. The van der Waals surface area contributed by atoms with Gasteiger partial charge in [0, 0.05) is 32.5 Å². The summed E-state index contributed by atoms with van der Waals surface area (Å²) in [5.41, 5.74) is 1.01. The van der Waals surface area contributed by atoms with Crippen LogP contribution in [0, 0.1) is 0 Å². The maximum atomic E-state index is 13.5. The summed E-state index contributed by atoms with van der Waals surface area (Å²) in [6.45, 7) is 5.42. The average Bonchev–Trinajstić information content (AvgIpc) is 3.17. The van der Waals surface area contributed by atoms with Crippen molar-refractivity contribution < 1.29 is 19.1 Å². The van der Waals surface area contributed by atoms with Crippen molar-refractivity contribution in [2.75, 3.05) is 31.6 Å². The van der Waals surface area contributed by atoms with Crippen molar-refractivity contribution in [2.24, 2.45) is 0 Å². The molecule has 8 heteroatoms. The van der Waals surface area contributed by atoms with Crippen LogP contribution in [0.1, 0.15) is 45.5 Å². The Morgan fingerprint density at radius 1 is 1.11 bits per heavy atom. The molecule has 0 radical (unpaired) electrons. The first-order valence-electron chi connectivity index (χ1n) is 12.3. The smallest absolute Gasteiger partial charge is 0.339 e. The Kier molecular flexibility index (Phi) is 8.48. The highest BCUT2D eigenvalue weighted by molar-refractivity contribution is 7.98. The number of hydrogen-bond acceptors (Lipinski definition) is 6. The van der Waals surface area contributed by atoms with E-state index in [0.717, 1.165) is 17.7 Å². The number of likely N-dealkylation sites (tertiary alicyclic amines) is 1. The standard InChI is InChI=1S/C28H33N3O4S/c1-3-16-31-26(33)24(13-19-36-2)29-28(31)14-17-30(18-15-28)25(32)22-11-7-8-12-23(22)27(34)35-20-21-9-5-4-6-10-21/h3-12,24,29H,1,13-20H2,2H3. The molecule has 1 N–H and O–H groups in total. The Morgan fingerprint density at radius 3 is 2.44 bits per heavy atom. The number of piperidine rings is 1. The van der Waals surface area contributed by atoms with Gasteiger partial charge in [-0.05, 0) is 36.1 Å². The largest absolute Gasteiger partial charge is 0.457 e.